The zero-order valence-electron chi connectivity index (χ0n) is 32.0. The average molecular weight is 727 g/mol. The van der Waals surface area contributed by atoms with Crippen molar-refractivity contribution in [2.45, 2.75) is 128 Å². The molecule has 0 aromatic heterocycles. The fraction of sp³-hybridized carbons (Fsp3) is 1.00. The highest BCUT2D eigenvalue weighted by molar-refractivity contribution is 4.97. The number of fused-ring (bicyclic) bond motifs is 4. The molecule has 296 valence electrons. The van der Waals surface area contributed by atoms with Crippen LogP contribution >= 0.6 is 0 Å². The molecule has 0 amide bonds. The lowest BCUT2D eigenvalue weighted by molar-refractivity contribution is -0.00934. The Morgan fingerprint density at radius 3 is 0.745 bits per heavy atom. The van der Waals surface area contributed by atoms with Gasteiger partial charge in [0.15, 0.2) is 0 Å². The molecule has 4 saturated heterocycles. The minimum absolute atomic E-state index is 0. The molecule has 4 aliphatic heterocycles. The molecule has 4 aliphatic carbocycles. The molecule has 0 aromatic carbocycles. The third-order valence-corrected chi connectivity index (χ3v) is 13.3. The molecular weight excluding hydrogens is 656 g/mol. The first kappa shape index (κ1) is 40.2. The van der Waals surface area contributed by atoms with Crippen molar-refractivity contribution in [2.75, 3.05) is 79.3 Å². The zero-order valence-corrected chi connectivity index (χ0v) is 32.0. The van der Waals surface area contributed by atoms with E-state index in [0.29, 0.717) is 125 Å². The Labute approximate surface area is 307 Å². The molecule has 8 aliphatic rings. The third-order valence-electron chi connectivity index (χ3n) is 13.3. The number of hydrogen-bond donors (Lipinski definition) is 0. The van der Waals surface area contributed by atoms with Gasteiger partial charge in [0.1, 0.15) is 0 Å². The van der Waals surface area contributed by atoms with Gasteiger partial charge in [-0.25, -0.2) is 0 Å². The summed E-state index contributed by atoms with van der Waals surface area (Å²) in [4.78, 5) is 0. The van der Waals surface area contributed by atoms with Crippen molar-refractivity contribution in [1.29, 1.82) is 0 Å². The Balaban J connectivity index is 0.000000172. The molecule has 8 fully saturated rings. The zero-order chi connectivity index (χ0) is 34.5. The van der Waals surface area contributed by atoms with Gasteiger partial charge in [-0.3, -0.25) is 0 Å². The summed E-state index contributed by atoms with van der Waals surface area (Å²) in [6.45, 7) is 18.0. The monoisotopic (exact) mass is 726 g/mol. The summed E-state index contributed by atoms with van der Waals surface area (Å²) in [5.41, 5.74) is 0. The molecule has 0 radical (unpaired) electrons. The van der Waals surface area contributed by atoms with Crippen LogP contribution < -0.4 is 0 Å². The molecule has 16 atom stereocenters. The van der Waals surface area contributed by atoms with E-state index >= 15 is 0 Å². The van der Waals surface area contributed by atoms with E-state index in [-0.39, 0.29) is 5.48 Å². The summed E-state index contributed by atoms with van der Waals surface area (Å²) in [7, 11) is 0. The van der Waals surface area contributed by atoms with Gasteiger partial charge >= 0.3 is 0 Å². The van der Waals surface area contributed by atoms with Crippen molar-refractivity contribution in [3.05, 3.63) is 0 Å². The van der Waals surface area contributed by atoms with Crippen LogP contribution in [-0.4, -0.2) is 134 Å². The quantitative estimate of drug-likeness (QED) is 0.130. The van der Waals surface area contributed by atoms with Gasteiger partial charge in [0.25, 0.3) is 0 Å². The average Bonchev–Trinajstić information content (AvgIpc) is 3.90. The maximum atomic E-state index is 5.81. The SMILES string of the molecule is CC1CC2OC2CC1COCCOCCOCC1CC2OC2CC1C.CC1CC2OC2CC1COCCOCCOCC1CC2OC2CC1C.O. The van der Waals surface area contributed by atoms with Crippen LogP contribution in [0.15, 0.2) is 0 Å². The van der Waals surface area contributed by atoms with E-state index in [2.05, 4.69) is 27.7 Å². The lowest BCUT2D eigenvalue weighted by Crippen LogP contribution is -2.27. The topological polar surface area (TPSA) is 137 Å². The molecule has 11 nitrogen and oxygen atoms in total. The first-order chi connectivity index (χ1) is 24.4. The standard InChI is InChI=1S/2C20H34O5.H2O/c2*1-13-7-17-19(24-17)9-15(13)11-22-5-3-21-4-6-23-12-16-10-20-18(25-20)8-14(16)2;/h2*13-20H,3-12H2,1-2H3;1H2. The van der Waals surface area contributed by atoms with Crippen LogP contribution in [0.4, 0.5) is 0 Å². The minimum atomic E-state index is 0. The van der Waals surface area contributed by atoms with E-state index in [0.717, 1.165) is 50.1 Å². The summed E-state index contributed by atoms with van der Waals surface area (Å²) in [5, 5.41) is 0. The molecule has 2 N–H and O–H groups in total. The summed E-state index contributed by atoms with van der Waals surface area (Å²) in [6, 6.07) is 0. The van der Waals surface area contributed by atoms with Crippen LogP contribution in [0.25, 0.3) is 0 Å². The van der Waals surface area contributed by atoms with Crippen molar-refractivity contribution in [1.82, 2.24) is 0 Å². The second-order valence-electron chi connectivity index (χ2n) is 17.2. The van der Waals surface area contributed by atoms with E-state index in [9.17, 15) is 0 Å². The second-order valence-corrected chi connectivity index (χ2v) is 17.2. The lowest BCUT2D eigenvalue weighted by Gasteiger charge is -2.26. The van der Waals surface area contributed by atoms with Crippen LogP contribution in [0.3, 0.4) is 0 Å². The van der Waals surface area contributed by atoms with E-state index in [1.54, 1.807) is 0 Å². The van der Waals surface area contributed by atoms with Crippen LogP contribution in [0.5, 0.6) is 0 Å². The highest BCUT2D eigenvalue weighted by Crippen LogP contribution is 2.45. The van der Waals surface area contributed by atoms with Gasteiger partial charge < -0.3 is 52.8 Å². The number of rotatable bonds is 20. The highest BCUT2D eigenvalue weighted by atomic mass is 16.6. The van der Waals surface area contributed by atoms with Crippen LogP contribution in [0.1, 0.15) is 79.1 Å². The smallest absolute Gasteiger partial charge is 0.0845 e. The Bertz CT molecular complexity index is 865. The Hall–Kier alpha value is -0.440. The Kier molecular flexibility index (Phi) is 15.3. The second kappa shape index (κ2) is 19.4. The van der Waals surface area contributed by atoms with Gasteiger partial charge in [-0.2, -0.15) is 0 Å². The van der Waals surface area contributed by atoms with Gasteiger partial charge in [-0.15, -0.1) is 0 Å². The predicted molar refractivity (Wildman–Crippen MR) is 191 cm³/mol. The lowest BCUT2D eigenvalue weighted by atomic mass is 9.81. The molecule has 11 heteroatoms. The van der Waals surface area contributed by atoms with Crippen molar-refractivity contribution in [3.8, 4) is 0 Å². The summed E-state index contributed by atoms with van der Waals surface area (Å²) >= 11 is 0. The maximum Gasteiger partial charge on any atom is 0.0845 e. The van der Waals surface area contributed by atoms with Gasteiger partial charge in [0.05, 0.1) is 102 Å². The molecule has 0 aromatic rings. The van der Waals surface area contributed by atoms with Crippen LogP contribution in [0.2, 0.25) is 0 Å². The van der Waals surface area contributed by atoms with Crippen molar-refractivity contribution in [3.63, 3.8) is 0 Å². The number of hydrogen-bond acceptors (Lipinski definition) is 10. The first-order valence-electron chi connectivity index (χ1n) is 20.5. The Morgan fingerprint density at radius 1 is 0.314 bits per heavy atom. The molecule has 0 spiro atoms. The van der Waals surface area contributed by atoms with Crippen LogP contribution in [-0.2, 0) is 47.4 Å². The van der Waals surface area contributed by atoms with Gasteiger partial charge in [-0.1, -0.05) is 27.7 Å². The first-order valence-corrected chi connectivity index (χ1v) is 20.5. The molecule has 0 bridgehead atoms. The number of epoxide rings is 4. The van der Waals surface area contributed by atoms with E-state index in [1.807, 2.05) is 0 Å². The fourth-order valence-electron chi connectivity index (χ4n) is 9.28. The summed E-state index contributed by atoms with van der Waals surface area (Å²) < 4.78 is 57.0. The molecule has 16 unspecified atom stereocenters. The third kappa shape index (κ3) is 12.3. The van der Waals surface area contributed by atoms with E-state index in [4.69, 9.17) is 47.4 Å². The van der Waals surface area contributed by atoms with Crippen LogP contribution in [0, 0.1) is 47.3 Å². The Morgan fingerprint density at radius 2 is 0.510 bits per heavy atom. The normalized spacial score (nSPS) is 44.0. The molecule has 4 heterocycles. The van der Waals surface area contributed by atoms with Crippen molar-refractivity contribution < 1.29 is 52.8 Å². The number of ether oxygens (including phenoxy) is 10. The summed E-state index contributed by atoms with van der Waals surface area (Å²) in [6.07, 6.45) is 13.9. The van der Waals surface area contributed by atoms with Gasteiger partial charge in [-0.05, 0) is 98.7 Å². The van der Waals surface area contributed by atoms with Gasteiger partial charge in [0.2, 0.25) is 0 Å². The van der Waals surface area contributed by atoms with E-state index < -0.39 is 0 Å². The molecule has 4 saturated carbocycles. The maximum absolute atomic E-state index is 5.81. The van der Waals surface area contributed by atoms with Gasteiger partial charge in [0, 0.05) is 26.4 Å². The van der Waals surface area contributed by atoms with Crippen molar-refractivity contribution in [2.24, 2.45) is 47.3 Å². The predicted octanol–water partition coefficient (Wildman–Crippen LogP) is 4.50. The summed E-state index contributed by atoms with van der Waals surface area (Å²) in [5.74, 6) is 5.49. The van der Waals surface area contributed by atoms with E-state index in [1.165, 1.54) is 51.4 Å². The van der Waals surface area contributed by atoms with Crippen molar-refractivity contribution >= 4 is 0 Å². The molecule has 8 rings (SSSR count). The minimum Gasteiger partial charge on any atom is -0.412 e. The highest BCUT2D eigenvalue weighted by Gasteiger charge is 2.49. The fourth-order valence-corrected chi connectivity index (χ4v) is 9.28. The molecular formula is C40H70O11. The molecule has 51 heavy (non-hydrogen) atoms. The largest absolute Gasteiger partial charge is 0.412 e.